The Hall–Kier alpha value is -1.85. The van der Waals surface area contributed by atoms with E-state index >= 15 is 0 Å². The molecule has 2 aromatic heterocycles. The zero-order valence-corrected chi connectivity index (χ0v) is 10.5. The van der Waals surface area contributed by atoms with Gasteiger partial charge in [-0.2, -0.15) is 0 Å². The molecule has 5 heteroatoms. The molecule has 4 nitrogen and oxygen atoms in total. The molecule has 3 aromatic rings. The molecule has 0 bridgehead atoms. The average molecular weight is 256 g/mol. The van der Waals surface area contributed by atoms with E-state index in [4.69, 9.17) is 5.73 Å². The van der Waals surface area contributed by atoms with Crippen LogP contribution in [0.2, 0.25) is 0 Å². The number of thiazole rings is 1. The Morgan fingerprint density at radius 2 is 1.89 bits per heavy atom. The fraction of sp³-hybridized carbons (Fsp3) is 0.154. The minimum absolute atomic E-state index is 0.103. The quantitative estimate of drug-likeness (QED) is 0.781. The van der Waals surface area contributed by atoms with Gasteiger partial charge >= 0.3 is 0 Å². The Morgan fingerprint density at radius 3 is 2.67 bits per heavy atom. The minimum atomic E-state index is -0.103. The largest absolute Gasteiger partial charge is 0.322 e. The van der Waals surface area contributed by atoms with Gasteiger partial charge in [-0.1, -0.05) is 41.7 Å². The Morgan fingerprint density at radius 1 is 1.11 bits per heavy atom. The molecule has 90 valence electrons. The lowest BCUT2D eigenvalue weighted by molar-refractivity contribution is 0.716. The van der Waals surface area contributed by atoms with Gasteiger partial charge in [0.05, 0.1) is 6.04 Å². The number of nitrogens with two attached hydrogens (primary N) is 1. The normalized spacial score (nSPS) is 12.7. The summed E-state index contributed by atoms with van der Waals surface area (Å²) in [5.74, 6) is 0. The highest BCUT2D eigenvalue weighted by molar-refractivity contribution is 7.18. The summed E-state index contributed by atoms with van der Waals surface area (Å²) in [6, 6.07) is 10.1. The van der Waals surface area contributed by atoms with Gasteiger partial charge in [0.1, 0.15) is 5.01 Å². The van der Waals surface area contributed by atoms with Crippen LogP contribution in [0.15, 0.2) is 42.7 Å². The van der Waals surface area contributed by atoms with E-state index < -0.39 is 0 Å². The monoisotopic (exact) mass is 256 g/mol. The molecule has 0 saturated heterocycles. The van der Waals surface area contributed by atoms with Crippen LogP contribution in [-0.4, -0.2) is 15.0 Å². The molecular weight excluding hydrogens is 244 g/mol. The first-order chi connectivity index (χ1) is 8.83. The van der Waals surface area contributed by atoms with E-state index in [0.29, 0.717) is 5.65 Å². The standard InChI is InChI=1S/C13H12N4S/c14-10(8-9-4-2-1-3-5-9)12-17-11-13(18-12)16-7-6-15-11/h1-7,10H,8,14H2. The van der Waals surface area contributed by atoms with Gasteiger partial charge < -0.3 is 5.73 Å². The number of hydrogen-bond donors (Lipinski definition) is 1. The van der Waals surface area contributed by atoms with Crippen LogP contribution >= 0.6 is 11.3 Å². The fourth-order valence-electron chi connectivity index (χ4n) is 1.81. The zero-order chi connectivity index (χ0) is 12.4. The maximum Gasteiger partial charge on any atom is 0.189 e. The lowest BCUT2D eigenvalue weighted by Gasteiger charge is -2.07. The lowest BCUT2D eigenvalue weighted by Crippen LogP contribution is -2.12. The van der Waals surface area contributed by atoms with E-state index in [1.807, 2.05) is 18.2 Å². The maximum atomic E-state index is 6.18. The first-order valence-corrected chi connectivity index (χ1v) is 6.51. The van der Waals surface area contributed by atoms with Crippen molar-refractivity contribution in [3.8, 4) is 0 Å². The van der Waals surface area contributed by atoms with Crippen LogP contribution < -0.4 is 5.73 Å². The van der Waals surface area contributed by atoms with Gasteiger partial charge in [0.25, 0.3) is 0 Å². The van der Waals surface area contributed by atoms with E-state index in [1.165, 1.54) is 16.9 Å². The van der Waals surface area contributed by atoms with Crippen molar-refractivity contribution >= 4 is 21.8 Å². The fourth-order valence-corrected chi connectivity index (χ4v) is 2.67. The molecule has 1 atom stereocenters. The van der Waals surface area contributed by atoms with Gasteiger partial charge in [-0.3, -0.25) is 0 Å². The second-order valence-electron chi connectivity index (χ2n) is 4.03. The number of aromatic nitrogens is 3. The van der Waals surface area contributed by atoms with E-state index in [9.17, 15) is 0 Å². The van der Waals surface area contributed by atoms with E-state index in [1.54, 1.807) is 12.4 Å². The molecule has 0 spiro atoms. The molecule has 0 fully saturated rings. The highest BCUT2D eigenvalue weighted by Crippen LogP contribution is 2.24. The van der Waals surface area contributed by atoms with Crippen LogP contribution in [0.1, 0.15) is 16.6 Å². The van der Waals surface area contributed by atoms with Gasteiger partial charge in [-0.05, 0) is 12.0 Å². The maximum absolute atomic E-state index is 6.18. The summed E-state index contributed by atoms with van der Waals surface area (Å²) in [6.45, 7) is 0. The van der Waals surface area contributed by atoms with Gasteiger partial charge in [0.15, 0.2) is 10.5 Å². The predicted molar refractivity (Wildman–Crippen MR) is 72.3 cm³/mol. The Bertz CT molecular complexity index is 617. The first kappa shape index (κ1) is 11.3. The van der Waals surface area contributed by atoms with Crippen LogP contribution in [0.3, 0.4) is 0 Å². The van der Waals surface area contributed by atoms with Gasteiger partial charge in [-0.15, -0.1) is 0 Å². The summed E-state index contributed by atoms with van der Waals surface area (Å²) in [7, 11) is 0. The number of benzene rings is 1. The third-order valence-electron chi connectivity index (χ3n) is 2.68. The molecule has 18 heavy (non-hydrogen) atoms. The molecule has 0 aliphatic rings. The molecule has 0 radical (unpaired) electrons. The number of nitrogens with zero attached hydrogens (tertiary/aromatic N) is 3. The van der Waals surface area contributed by atoms with Crippen LogP contribution in [0, 0.1) is 0 Å². The summed E-state index contributed by atoms with van der Waals surface area (Å²) in [5, 5.41) is 0.889. The third-order valence-corrected chi connectivity index (χ3v) is 3.76. The van der Waals surface area contributed by atoms with Crippen molar-refractivity contribution < 1.29 is 0 Å². The van der Waals surface area contributed by atoms with Gasteiger partial charge in [-0.25, -0.2) is 15.0 Å². The molecule has 0 saturated carbocycles. The summed E-state index contributed by atoms with van der Waals surface area (Å²) in [5.41, 5.74) is 8.08. The van der Waals surface area contributed by atoms with Crippen LogP contribution in [0.4, 0.5) is 0 Å². The molecular formula is C13H12N4S. The molecule has 1 unspecified atom stereocenters. The van der Waals surface area contributed by atoms with Crippen LogP contribution in [-0.2, 0) is 6.42 Å². The Labute approximate surface area is 109 Å². The average Bonchev–Trinajstić information content (AvgIpc) is 2.84. The van der Waals surface area contributed by atoms with Crippen molar-refractivity contribution in [2.24, 2.45) is 5.73 Å². The molecule has 2 heterocycles. The SMILES string of the molecule is NC(Cc1ccccc1)c1nc2nccnc2s1. The van der Waals surface area contributed by atoms with E-state index in [-0.39, 0.29) is 6.04 Å². The van der Waals surface area contributed by atoms with Crippen molar-refractivity contribution in [3.05, 3.63) is 53.3 Å². The van der Waals surface area contributed by atoms with Crippen molar-refractivity contribution in [2.45, 2.75) is 12.5 Å². The Balaban J connectivity index is 1.86. The topological polar surface area (TPSA) is 64.7 Å². The van der Waals surface area contributed by atoms with E-state index in [0.717, 1.165) is 16.3 Å². The summed E-state index contributed by atoms with van der Waals surface area (Å²) < 4.78 is 0. The number of rotatable bonds is 3. The van der Waals surface area contributed by atoms with E-state index in [2.05, 4.69) is 27.1 Å². The van der Waals surface area contributed by atoms with Crippen molar-refractivity contribution in [1.29, 1.82) is 0 Å². The first-order valence-electron chi connectivity index (χ1n) is 5.70. The van der Waals surface area contributed by atoms with Gasteiger partial charge in [0.2, 0.25) is 0 Å². The molecule has 0 aliphatic carbocycles. The van der Waals surface area contributed by atoms with Crippen molar-refractivity contribution in [3.63, 3.8) is 0 Å². The molecule has 0 amide bonds. The number of hydrogen-bond acceptors (Lipinski definition) is 5. The van der Waals surface area contributed by atoms with Crippen molar-refractivity contribution in [2.75, 3.05) is 0 Å². The minimum Gasteiger partial charge on any atom is -0.322 e. The van der Waals surface area contributed by atoms with Crippen LogP contribution in [0.5, 0.6) is 0 Å². The third kappa shape index (κ3) is 2.23. The summed E-state index contributed by atoms with van der Waals surface area (Å²) in [4.78, 5) is 13.7. The smallest absolute Gasteiger partial charge is 0.189 e. The Kier molecular flexibility index (Phi) is 3.00. The molecule has 2 N–H and O–H groups in total. The lowest BCUT2D eigenvalue weighted by atomic mass is 10.1. The highest BCUT2D eigenvalue weighted by Gasteiger charge is 2.13. The van der Waals surface area contributed by atoms with Crippen LogP contribution in [0.25, 0.3) is 10.5 Å². The highest BCUT2D eigenvalue weighted by atomic mass is 32.1. The molecule has 3 rings (SSSR count). The molecule has 0 aliphatic heterocycles. The zero-order valence-electron chi connectivity index (χ0n) is 9.65. The van der Waals surface area contributed by atoms with Gasteiger partial charge in [0, 0.05) is 12.4 Å². The summed E-state index contributed by atoms with van der Waals surface area (Å²) in [6.07, 6.45) is 4.10. The molecule has 1 aromatic carbocycles. The predicted octanol–water partition coefficient (Wildman–Crippen LogP) is 2.33. The number of fused-ring (bicyclic) bond motifs is 1. The van der Waals surface area contributed by atoms with Crippen molar-refractivity contribution in [1.82, 2.24) is 15.0 Å². The second-order valence-corrected chi connectivity index (χ2v) is 5.04. The summed E-state index contributed by atoms with van der Waals surface area (Å²) >= 11 is 1.51. The second kappa shape index (κ2) is 4.80.